The van der Waals surface area contributed by atoms with Gasteiger partial charge in [0.15, 0.2) is 5.78 Å². The molecule has 0 unspecified atom stereocenters. The van der Waals surface area contributed by atoms with Gasteiger partial charge < -0.3 is 9.30 Å². The minimum absolute atomic E-state index is 0.0195. The molecule has 0 saturated carbocycles. The summed E-state index contributed by atoms with van der Waals surface area (Å²) in [6.45, 7) is 0.340. The molecule has 0 aliphatic rings. The molecular formula is C23H18F2N4O5. The molecule has 0 saturated heterocycles. The van der Waals surface area contributed by atoms with Crippen LogP contribution in [0.5, 0.6) is 5.75 Å². The van der Waals surface area contributed by atoms with Crippen LogP contribution in [0.25, 0.3) is 16.6 Å². The van der Waals surface area contributed by atoms with Gasteiger partial charge in [-0.25, -0.2) is 4.98 Å². The van der Waals surface area contributed by atoms with Crippen LogP contribution in [0.15, 0.2) is 59.7 Å². The molecule has 4 aromatic rings. The smallest absolute Gasteiger partial charge is 0.387 e. The second-order valence-electron chi connectivity index (χ2n) is 7.55. The van der Waals surface area contributed by atoms with Crippen LogP contribution in [-0.4, -0.2) is 31.4 Å². The minimum Gasteiger partial charge on any atom is -0.435 e. The number of Topliss-reactive ketones (excluding diaryl/α,β-unsaturated/α-hetero) is 1. The van der Waals surface area contributed by atoms with Crippen molar-refractivity contribution in [2.45, 2.75) is 27.0 Å². The van der Waals surface area contributed by atoms with Gasteiger partial charge in [-0.15, -0.1) is 0 Å². The van der Waals surface area contributed by atoms with Gasteiger partial charge in [0, 0.05) is 34.8 Å². The lowest BCUT2D eigenvalue weighted by atomic mass is 10.1. The highest BCUT2D eigenvalue weighted by atomic mass is 19.3. The van der Waals surface area contributed by atoms with E-state index in [4.69, 9.17) is 0 Å². The van der Waals surface area contributed by atoms with E-state index in [0.29, 0.717) is 16.9 Å². The standard InChI is InChI=1S/C23H18F2N4O5/c1-13-9-19(14(2)28(13)15-3-6-17(7-4-15)34-23(24)25)21(30)11-27-12-26-20-10-16(29(32)33)5-8-18(20)22(27)31/h3-10,12,23H,11H2,1-2H3. The Morgan fingerprint density at radius 3 is 2.50 bits per heavy atom. The van der Waals surface area contributed by atoms with Crippen molar-refractivity contribution in [3.05, 3.63) is 92.3 Å². The Morgan fingerprint density at radius 2 is 1.85 bits per heavy atom. The normalized spacial score (nSPS) is 11.2. The highest BCUT2D eigenvalue weighted by molar-refractivity contribution is 5.97. The number of rotatable bonds is 7. The third kappa shape index (κ3) is 4.27. The van der Waals surface area contributed by atoms with E-state index in [2.05, 4.69) is 9.72 Å². The molecular weight excluding hydrogens is 450 g/mol. The van der Waals surface area contributed by atoms with E-state index >= 15 is 0 Å². The van der Waals surface area contributed by atoms with E-state index in [0.717, 1.165) is 10.3 Å². The zero-order valence-corrected chi connectivity index (χ0v) is 18.1. The van der Waals surface area contributed by atoms with E-state index in [1.807, 2.05) is 0 Å². The van der Waals surface area contributed by atoms with E-state index in [-0.39, 0.29) is 34.7 Å². The Bertz CT molecular complexity index is 1480. The number of hydrogen-bond donors (Lipinski definition) is 0. The summed E-state index contributed by atoms with van der Waals surface area (Å²) in [4.78, 5) is 40.3. The Hall–Kier alpha value is -4.41. The van der Waals surface area contributed by atoms with Gasteiger partial charge in [-0.05, 0) is 50.2 Å². The first kappa shape index (κ1) is 22.8. The summed E-state index contributed by atoms with van der Waals surface area (Å²) in [6, 6.07) is 11.4. The average molecular weight is 468 g/mol. The average Bonchev–Trinajstić information content (AvgIpc) is 3.09. The quantitative estimate of drug-likeness (QED) is 0.229. The number of aryl methyl sites for hydroxylation is 1. The molecule has 2 heterocycles. The maximum absolute atomic E-state index is 13.0. The Kier molecular flexibility index (Phi) is 5.93. The number of hydrogen-bond acceptors (Lipinski definition) is 6. The number of halogens is 2. The number of carbonyl (C=O) groups excluding carboxylic acids is 1. The maximum atomic E-state index is 13.0. The van der Waals surface area contributed by atoms with E-state index < -0.39 is 17.1 Å². The lowest BCUT2D eigenvalue weighted by Crippen LogP contribution is -2.25. The number of benzene rings is 2. The lowest BCUT2D eigenvalue weighted by molar-refractivity contribution is -0.384. The highest BCUT2D eigenvalue weighted by Crippen LogP contribution is 2.24. The SMILES string of the molecule is Cc1cc(C(=O)Cn2cnc3cc([N+](=O)[O-])ccc3c2=O)c(C)n1-c1ccc(OC(F)F)cc1. The van der Waals surface area contributed by atoms with Crippen molar-refractivity contribution in [2.24, 2.45) is 0 Å². The van der Waals surface area contributed by atoms with Crippen molar-refractivity contribution in [1.29, 1.82) is 0 Å². The van der Waals surface area contributed by atoms with E-state index in [1.165, 1.54) is 36.7 Å². The number of ether oxygens (including phenoxy) is 1. The number of fused-ring (bicyclic) bond motifs is 1. The van der Waals surface area contributed by atoms with E-state index in [1.54, 1.807) is 36.6 Å². The Morgan fingerprint density at radius 1 is 1.15 bits per heavy atom. The van der Waals surface area contributed by atoms with Crippen LogP contribution in [-0.2, 0) is 6.54 Å². The molecule has 2 aromatic carbocycles. The van der Waals surface area contributed by atoms with Gasteiger partial charge in [-0.1, -0.05) is 0 Å². The largest absolute Gasteiger partial charge is 0.435 e. The Labute approximate surface area is 191 Å². The molecule has 0 aliphatic heterocycles. The fourth-order valence-electron chi connectivity index (χ4n) is 3.83. The van der Waals surface area contributed by atoms with Crippen molar-refractivity contribution in [2.75, 3.05) is 0 Å². The summed E-state index contributed by atoms with van der Waals surface area (Å²) in [6.07, 6.45) is 1.19. The number of carbonyl (C=O) groups is 1. The second-order valence-corrected chi connectivity index (χ2v) is 7.55. The van der Waals surface area contributed by atoms with Crippen LogP contribution in [0.4, 0.5) is 14.5 Å². The van der Waals surface area contributed by atoms with Crippen molar-refractivity contribution < 1.29 is 23.2 Å². The fourth-order valence-corrected chi connectivity index (χ4v) is 3.83. The molecule has 2 aromatic heterocycles. The first-order valence-corrected chi connectivity index (χ1v) is 10.1. The van der Waals surface area contributed by atoms with Crippen LogP contribution in [0.2, 0.25) is 0 Å². The molecule has 0 amide bonds. The van der Waals surface area contributed by atoms with Crippen molar-refractivity contribution in [3.8, 4) is 11.4 Å². The maximum Gasteiger partial charge on any atom is 0.387 e. The van der Waals surface area contributed by atoms with Gasteiger partial charge >= 0.3 is 6.61 Å². The van der Waals surface area contributed by atoms with Crippen molar-refractivity contribution >= 4 is 22.4 Å². The minimum atomic E-state index is -2.92. The van der Waals surface area contributed by atoms with Gasteiger partial charge in [0.2, 0.25) is 0 Å². The summed E-state index contributed by atoms with van der Waals surface area (Å²) in [5.41, 5.74) is 1.89. The van der Waals surface area contributed by atoms with E-state index in [9.17, 15) is 28.5 Å². The molecule has 174 valence electrons. The van der Waals surface area contributed by atoms with Crippen molar-refractivity contribution in [1.82, 2.24) is 14.1 Å². The molecule has 0 radical (unpaired) electrons. The number of ketones is 1. The number of aromatic nitrogens is 3. The zero-order valence-electron chi connectivity index (χ0n) is 18.1. The summed E-state index contributed by atoms with van der Waals surface area (Å²) in [7, 11) is 0. The summed E-state index contributed by atoms with van der Waals surface area (Å²) < 4.78 is 32.1. The first-order valence-electron chi connectivity index (χ1n) is 10.1. The van der Waals surface area contributed by atoms with Gasteiger partial charge in [0.1, 0.15) is 5.75 Å². The number of nitrogens with zero attached hydrogens (tertiary/aromatic N) is 4. The van der Waals surface area contributed by atoms with Crippen LogP contribution >= 0.6 is 0 Å². The lowest BCUT2D eigenvalue weighted by Gasteiger charge is -2.11. The molecule has 0 bridgehead atoms. The predicted octanol–water partition coefficient (Wildman–Crippen LogP) is 4.20. The third-order valence-corrected chi connectivity index (χ3v) is 5.39. The third-order valence-electron chi connectivity index (χ3n) is 5.39. The molecule has 0 atom stereocenters. The van der Waals surface area contributed by atoms with Crippen LogP contribution < -0.4 is 10.3 Å². The van der Waals surface area contributed by atoms with Gasteiger partial charge in [0.05, 0.1) is 28.7 Å². The van der Waals surface area contributed by atoms with Gasteiger partial charge in [0.25, 0.3) is 11.2 Å². The predicted molar refractivity (Wildman–Crippen MR) is 119 cm³/mol. The molecule has 34 heavy (non-hydrogen) atoms. The van der Waals surface area contributed by atoms with Crippen LogP contribution in [0.3, 0.4) is 0 Å². The molecule has 9 nitrogen and oxygen atoms in total. The Balaban J connectivity index is 1.62. The molecule has 11 heteroatoms. The molecule has 0 aliphatic carbocycles. The van der Waals surface area contributed by atoms with Crippen molar-refractivity contribution in [3.63, 3.8) is 0 Å². The van der Waals surface area contributed by atoms with Gasteiger partial charge in [-0.3, -0.25) is 24.3 Å². The zero-order chi connectivity index (χ0) is 24.6. The molecule has 0 spiro atoms. The summed E-state index contributed by atoms with van der Waals surface area (Å²) in [5.74, 6) is -0.312. The fraction of sp³-hybridized carbons (Fsp3) is 0.174. The highest BCUT2D eigenvalue weighted by Gasteiger charge is 2.19. The molecule has 0 fully saturated rings. The number of nitro groups is 1. The second kappa shape index (κ2) is 8.85. The van der Waals surface area contributed by atoms with Crippen LogP contribution in [0, 0.1) is 24.0 Å². The van der Waals surface area contributed by atoms with Crippen LogP contribution in [0.1, 0.15) is 21.7 Å². The number of alkyl halides is 2. The van der Waals surface area contributed by atoms with Gasteiger partial charge in [-0.2, -0.15) is 8.78 Å². The monoisotopic (exact) mass is 468 g/mol. The number of nitro benzene ring substituents is 1. The summed E-state index contributed by atoms with van der Waals surface area (Å²) in [5, 5.41) is 11.1. The summed E-state index contributed by atoms with van der Waals surface area (Å²) >= 11 is 0. The topological polar surface area (TPSA) is 109 Å². The first-order chi connectivity index (χ1) is 16.2. The molecule has 4 rings (SSSR count). The molecule has 0 N–H and O–H groups in total. The number of non-ortho nitro benzene ring substituents is 1.